The Hall–Kier alpha value is -2.03. The van der Waals surface area contributed by atoms with Gasteiger partial charge in [-0.1, -0.05) is 85.8 Å². The highest BCUT2D eigenvalue weighted by Crippen LogP contribution is 2.64. The summed E-state index contributed by atoms with van der Waals surface area (Å²) in [6, 6.07) is 31.0. The van der Waals surface area contributed by atoms with Crippen molar-refractivity contribution in [2.24, 2.45) is 0 Å². The Balaban J connectivity index is 2.09. The van der Waals surface area contributed by atoms with Gasteiger partial charge in [-0.15, -0.1) is 10.3 Å². The molecule has 0 bridgehead atoms. The van der Waals surface area contributed by atoms with Crippen molar-refractivity contribution in [1.29, 1.82) is 0 Å². The zero-order valence-corrected chi connectivity index (χ0v) is 15.0. The average Bonchev–Trinajstić information content (AvgIpc) is 2.64. The molecule has 24 heavy (non-hydrogen) atoms. The van der Waals surface area contributed by atoms with Crippen molar-refractivity contribution in [1.82, 2.24) is 0 Å². The molecular weight excluding hydrogens is 312 g/mol. The summed E-state index contributed by atoms with van der Waals surface area (Å²) >= 11 is 0. The standard InChI is InChI=1S/C22H24OS/c1-18(19-12-6-3-7-13-19)22(20-14-8-4-9-15-20)24(2,23)21-16-10-5-11-17-21/h3-18,22-23H,1-2H3/t18-,22-/m1/s1. The maximum absolute atomic E-state index is 11.6. The van der Waals surface area contributed by atoms with E-state index in [9.17, 15) is 4.55 Å². The molecule has 2 heteroatoms. The molecule has 3 atom stereocenters. The van der Waals surface area contributed by atoms with Crippen LogP contribution in [0.4, 0.5) is 0 Å². The molecule has 0 aliphatic rings. The third-order valence-electron chi connectivity index (χ3n) is 4.62. The van der Waals surface area contributed by atoms with Gasteiger partial charge in [-0.25, -0.2) is 0 Å². The molecule has 3 aromatic carbocycles. The van der Waals surface area contributed by atoms with Crippen LogP contribution in [0.1, 0.15) is 29.2 Å². The molecule has 3 aromatic rings. The molecule has 3 rings (SSSR count). The lowest BCUT2D eigenvalue weighted by molar-refractivity contribution is 0.591. The number of hydrogen-bond donors (Lipinski definition) is 1. The topological polar surface area (TPSA) is 20.2 Å². The fourth-order valence-electron chi connectivity index (χ4n) is 3.37. The molecule has 0 amide bonds. The first kappa shape index (κ1) is 16.8. The van der Waals surface area contributed by atoms with Crippen LogP contribution in [-0.2, 0) is 0 Å². The van der Waals surface area contributed by atoms with Crippen LogP contribution in [0.25, 0.3) is 0 Å². The van der Waals surface area contributed by atoms with E-state index in [0.29, 0.717) is 0 Å². The molecule has 1 N–H and O–H groups in total. The first-order chi connectivity index (χ1) is 11.6. The molecule has 0 saturated carbocycles. The van der Waals surface area contributed by atoms with E-state index in [1.54, 1.807) is 0 Å². The van der Waals surface area contributed by atoms with Crippen LogP contribution in [0.2, 0.25) is 0 Å². The Kier molecular flexibility index (Phi) is 5.08. The van der Waals surface area contributed by atoms with E-state index < -0.39 is 10.3 Å². The van der Waals surface area contributed by atoms with Gasteiger partial charge in [-0.2, -0.15) is 0 Å². The Bertz CT molecular complexity index is 754. The molecule has 0 fully saturated rings. The summed E-state index contributed by atoms with van der Waals surface area (Å²) in [6.07, 6.45) is 2.01. The minimum atomic E-state index is -2.00. The van der Waals surface area contributed by atoms with Gasteiger partial charge >= 0.3 is 0 Å². The Morgan fingerprint density at radius 1 is 0.667 bits per heavy atom. The van der Waals surface area contributed by atoms with E-state index in [2.05, 4.69) is 55.5 Å². The number of rotatable bonds is 5. The fraction of sp³-hybridized carbons (Fsp3) is 0.182. The van der Waals surface area contributed by atoms with Gasteiger partial charge in [0.25, 0.3) is 0 Å². The van der Waals surface area contributed by atoms with Gasteiger partial charge < -0.3 is 4.55 Å². The minimum Gasteiger partial charge on any atom is -0.347 e. The van der Waals surface area contributed by atoms with Crippen molar-refractivity contribution in [2.75, 3.05) is 6.26 Å². The van der Waals surface area contributed by atoms with Crippen molar-refractivity contribution in [2.45, 2.75) is 23.0 Å². The Morgan fingerprint density at radius 2 is 1.08 bits per heavy atom. The monoisotopic (exact) mass is 336 g/mol. The molecule has 1 unspecified atom stereocenters. The van der Waals surface area contributed by atoms with E-state index in [4.69, 9.17) is 0 Å². The van der Waals surface area contributed by atoms with Gasteiger partial charge in [0.05, 0.1) is 0 Å². The lowest BCUT2D eigenvalue weighted by Crippen LogP contribution is -2.16. The summed E-state index contributed by atoms with van der Waals surface area (Å²) in [5.41, 5.74) is 2.45. The van der Waals surface area contributed by atoms with Gasteiger partial charge in [-0.05, 0) is 35.4 Å². The second-order valence-corrected chi connectivity index (χ2v) is 9.13. The van der Waals surface area contributed by atoms with Gasteiger partial charge in [0.15, 0.2) is 0 Å². The molecule has 0 saturated heterocycles. The van der Waals surface area contributed by atoms with Crippen molar-refractivity contribution < 1.29 is 4.55 Å². The highest BCUT2D eigenvalue weighted by molar-refractivity contribution is 8.28. The van der Waals surface area contributed by atoms with Gasteiger partial charge in [0.1, 0.15) is 0 Å². The molecular formula is C22H24OS. The number of benzene rings is 3. The van der Waals surface area contributed by atoms with Gasteiger partial charge in [-0.3, -0.25) is 0 Å². The third kappa shape index (κ3) is 3.40. The molecule has 0 heterocycles. The molecule has 0 spiro atoms. The van der Waals surface area contributed by atoms with Crippen LogP contribution in [0.3, 0.4) is 0 Å². The zero-order chi connectivity index (χ0) is 17.0. The summed E-state index contributed by atoms with van der Waals surface area (Å²) in [6.45, 7) is 2.22. The smallest absolute Gasteiger partial charge is 0.0456 e. The van der Waals surface area contributed by atoms with Crippen LogP contribution in [-0.4, -0.2) is 10.8 Å². The van der Waals surface area contributed by atoms with E-state index in [1.165, 1.54) is 11.1 Å². The molecule has 124 valence electrons. The van der Waals surface area contributed by atoms with Crippen LogP contribution in [0.5, 0.6) is 0 Å². The maximum Gasteiger partial charge on any atom is 0.0456 e. The van der Waals surface area contributed by atoms with Crippen molar-refractivity contribution in [3.8, 4) is 0 Å². The predicted octanol–water partition coefficient (Wildman–Crippen LogP) is 6.50. The predicted molar refractivity (Wildman–Crippen MR) is 105 cm³/mol. The first-order valence-corrected chi connectivity index (χ1v) is 10.3. The van der Waals surface area contributed by atoms with E-state index in [-0.39, 0.29) is 11.2 Å². The highest BCUT2D eigenvalue weighted by Gasteiger charge is 2.35. The second-order valence-electron chi connectivity index (χ2n) is 6.28. The summed E-state index contributed by atoms with van der Waals surface area (Å²) in [7, 11) is -2.00. The normalized spacial score (nSPS) is 17.5. The van der Waals surface area contributed by atoms with Crippen molar-refractivity contribution in [3.05, 3.63) is 102 Å². The van der Waals surface area contributed by atoms with E-state index in [1.807, 2.05) is 48.7 Å². The van der Waals surface area contributed by atoms with E-state index >= 15 is 0 Å². The minimum absolute atomic E-state index is 0.0449. The van der Waals surface area contributed by atoms with E-state index in [0.717, 1.165) is 4.90 Å². The SMILES string of the molecule is C[C@H](c1ccccc1)[C@H](c1ccccc1)S(C)(O)c1ccccc1. The highest BCUT2D eigenvalue weighted by atomic mass is 32.3. The summed E-state index contributed by atoms with van der Waals surface area (Å²) in [5, 5.41) is 0.0449. The van der Waals surface area contributed by atoms with Gasteiger partial charge in [0.2, 0.25) is 0 Å². The lowest BCUT2D eigenvalue weighted by atomic mass is 9.93. The largest absolute Gasteiger partial charge is 0.347 e. The number of hydrogen-bond acceptors (Lipinski definition) is 1. The molecule has 0 aromatic heterocycles. The zero-order valence-electron chi connectivity index (χ0n) is 14.2. The fourth-order valence-corrected chi connectivity index (χ4v) is 6.01. The van der Waals surface area contributed by atoms with Crippen LogP contribution < -0.4 is 0 Å². The van der Waals surface area contributed by atoms with Crippen molar-refractivity contribution >= 4 is 10.3 Å². The first-order valence-electron chi connectivity index (χ1n) is 8.25. The quantitative estimate of drug-likeness (QED) is 0.564. The lowest BCUT2D eigenvalue weighted by Gasteiger charge is -2.42. The van der Waals surface area contributed by atoms with Crippen LogP contribution in [0.15, 0.2) is 95.9 Å². The average molecular weight is 337 g/mol. The second kappa shape index (κ2) is 7.25. The maximum atomic E-state index is 11.6. The third-order valence-corrected chi connectivity index (χ3v) is 7.52. The summed E-state index contributed by atoms with van der Waals surface area (Å²) < 4.78 is 11.6. The molecule has 0 aliphatic carbocycles. The summed E-state index contributed by atoms with van der Waals surface area (Å²) in [4.78, 5) is 1.03. The molecule has 0 aliphatic heterocycles. The van der Waals surface area contributed by atoms with Gasteiger partial charge in [0, 0.05) is 10.1 Å². The van der Waals surface area contributed by atoms with Crippen LogP contribution in [0, 0.1) is 0 Å². The summed E-state index contributed by atoms with van der Waals surface area (Å²) in [5.74, 6) is 0.221. The van der Waals surface area contributed by atoms with Crippen molar-refractivity contribution in [3.63, 3.8) is 0 Å². The Labute approximate surface area is 146 Å². The molecule has 0 radical (unpaired) electrons. The van der Waals surface area contributed by atoms with Crippen LogP contribution >= 0.6 is 10.3 Å². The molecule has 1 nitrogen and oxygen atoms in total. The Morgan fingerprint density at radius 3 is 1.58 bits per heavy atom.